The van der Waals surface area contributed by atoms with Crippen LogP contribution >= 0.6 is 0 Å². The number of aliphatic hydroxyl groups is 2. The fraction of sp³-hybridized carbons (Fsp3) is 0.381. The SMILES string of the molecule is NC(CO)C(=O)NC(Cc1cnc[nH]1)C(=O)NC(Cc1ccccc1)C(=O)NC(CO)C(=O)O. The van der Waals surface area contributed by atoms with Crippen molar-refractivity contribution in [3.8, 4) is 0 Å². The normalized spacial score (nSPS) is 14.3. The Balaban J connectivity index is 2.24. The number of nitrogens with zero attached hydrogens (tertiary/aromatic N) is 1. The first-order valence-electron chi connectivity index (χ1n) is 10.4. The standard InChI is InChI=1S/C21H28N6O7/c22-14(9-28)18(30)25-16(7-13-8-23-11-24-13)20(32)26-15(6-12-4-2-1-3-5-12)19(31)27-17(10-29)21(33)34/h1-5,8,11,14-17,28-29H,6-7,9-10,22H2,(H,23,24)(H,25,30)(H,26,32)(H,27,31)(H,33,34). The van der Waals surface area contributed by atoms with Crippen molar-refractivity contribution in [1.29, 1.82) is 0 Å². The van der Waals surface area contributed by atoms with Crippen LogP contribution in [0.25, 0.3) is 0 Å². The molecule has 1 heterocycles. The van der Waals surface area contributed by atoms with Crippen LogP contribution in [0.5, 0.6) is 0 Å². The van der Waals surface area contributed by atoms with Crippen LogP contribution < -0.4 is 21.7 Å². The molecule has 0 bridgehead atoms. The number of aromatic nitrogens is 2. The smallest absolute Gasteiger partial charge is 0.328 e. The van der Waals surface area contributed by atoms with E-state index >= 15 is 0 Å². The Morgan fingerprint density at radius 3 is 2.00 bits per heavy atom. The van der Waals surface area contributed by atoms with Crippen molar-refractivity contribution in [2.24, 2.45) is 5.73 Å². The average molecular weight is 476 g/mol. The minimum atomic E-state index is -1.56. The first-order valence-corrected chi connectivity index (χ1v) is 10.4. The summed E-state index contributed by atoms with van der Waals surface area (Å²) in [6.45, 7) is -1.48. The van der Waals surface area contributed by atoms with Gasteiger partial charge in [-0.2, -0.15) is 0 Å². The minimum Gasteiger partial charge on any atom is -0.480 e. The van der Waals surface area contributed by atoms with Crippen LogP contribution in [0.2, 0.25) is 0 Å². The lowest BCUT2D eigenvalue weighted by molar-refractivity contribution is -0.143. The topological polar surface area (TPSA) is 220 Å². The molecule has 13 nitrogen and oxygen atoms in total. The summed E-state index contributed by atoms with van der Waals surface area (Å²) in [4.78, 5) is 56.0. The van der Waals surface area contributed by atoms with E-state index < -0.39 is 61.1 Å². The molecule has 4 atom stereocenters. The Kier molecular flexibility index (Phi) is 10.1. The van der Waals surface area contributed by atoms with Crippen LogP contribution in [-0.4, -0.2) is 86.4 Å². The van der Waals surface area contributed by atoms with Gasteiger partial charge in [-0.1, -0.05) is 30.3 Å². The summed E-state index contributed by atoms with van der Waals surface area (Å²) < 4.78 is 0. The Labute approximate surface area is 194 Å². The van der Waals surface area contributed by atoms with E-state index in [1.54, 1.807) is 30.3 Å². The number of nitrogens with one attached hydrogen (secondary N) is 4. The molecule has 0 fully saturated rings. The maximum absolute atomic E-state index is 13.1. The maximum atomic E-state index is 13.1. The van der Waals surface area contributed by atoms with Crippen molar-refractivity contribution >= 4 is 23.7 Å². The second-order valence-electron chi connectivity index (χ2n) is 7.46. The predicted octanol–water partition coefficient (Wildman–Crippen LogP) is -2.95. The molecule has 2 rings (SSSR count). The summed E-state index contributed by atoms with van der Waals surface area (Å²) in [6, 6.07) is 3.43. The van der Waals surface area contributed by atoms with E-state index in [1.807, 2.05) is 0 Å². The molecule has 1 aromatic heterocycles. The number of rotatable bonds is 13. The highest BCUT2D eigenvalue weighted by atomic mass is 16.4. The number of imidazole rings is 1. The Morgan fingerprint density at radius 1 is 0.882 bits per heavy atom. The van der Waals surface area contributed by atoms with Crippen LogP contribution in [0, 0.1) is 0 Å². The van der Waals surface area contributed by atoms with E-state index in [9.17, 15) is 24.3 Å². The molecule has 0 radical (unpaired) electrons. The Hall–Kier alpha value is -3.81. The van der Waals surface area contributed by atoms with Gasteiger partial charge in [-0.15, -0.1) is 0 Å². The van der Waals surface area contributed by atoms with E-state index in [0.717, 1.165) is 0 Å². The van der Waals surface area contributed by atoms with Crippen molar-refractivity contribution < 1.29 is 34.5 Å². The molecule has 0 saturated carbocycles. The number of amides is 3. The van der Waals surface area contributed by atoms with E-state index in [0.29, 0.717) is 11.3 Å². The number of benzene rings is 1. The minimum absolute atomic E-state index is 0.0110. The molecule has 0 saturated heterocycles. The van der Waals surface area contributed by atoms with Crippen molar-refractivity contribution in [2.75, 3.05) is 13.2 Å². The highest BCUT2D eigenvalue weighted by Crippen LogP contribution is 2.06. The number of aromatic amines is 1. The lowest BCUT2D eigenvalue weighted by Gasteiger charge is -2.24. The van der Waals surface area contributed by atoms with Crippen molar-refractivity contribution in [3.05, 3.63) is 54.1 Å². The van der Waals surface area contributed by atoms with Crippen LogP contribution in [0.15, 0.2) is 42.9 Å². The number of carboxylic acids is 1. The molecule has 2 aromatic rings. The Bertz CT molecular complexity index is 954. The lowest BCUT2D eigenvalue weighted by Crippen LogP contribution is -2.58. The van der Waals surface area contributed by atoms with Crippen molar-refractivity contribution in [2.45, 2.75) is 37.0 Å². The van der Waals surface area contributed by atoms with Gasteiger partial charge < -0.3 is 42.0 Å². The van der Waals surface area contributed by atoms with Crippen molar-refractivity contribution in [1.82, 2.24) is 25.9 Å². The lowest BCUT2D eigenvalue weighted by atomic mass is 10.0. The summed E-state index contributed by atoms with van der Waals surface area (Å²) in [5.74, 6) is -3.81. The summed E-state index contributed by atoms with van der Waals surface area (Å²) in [6.07, 6.45) is 2.82. The molecule has 34 heavy (non-hydrogen) atoms. The molecule has 0 aliphatic carbocycles. The molecular formula is C21H28N6O7. The van der Waals surface area contributed by atoms with E-state index in [2.05, 4.69) is 25.9 Å². The zero-order valence-electron chi connectivity index (χ0n) is 18.2. The van der Waals surface area contributed by atoms with Crippen LogP contribution in [0.1, 0.15) is 11.3 Å². The first kappa shape index (κ1) is 26.4. The summed E-state index contributed by atoms with van der Waals surface area (Å²) in [5, 5.41) is 34.6. The van der Waals surface area contributed by atoms with Gasteiger partial charge in [0, 0.05) is 24.7 Å². The highest BCUT2D eigenvalue weighted by Gasteiger charge is 2.30. The third kappa shape index (κ3) is 7.95. The monoisotopic (exact) mass is 476 g/mol. The first-order chi connectivity index (χ1) is 16.2. The fourth-order valence-electron chi connectivity index (χ4n) is 2.98. The second kappa shape index (κ2) is 13.0. The average Bonchev–Trinajstić information content (AvgIpc) is 3.34. The third-order valence-corrected chi connectivity index (χ3v) is 4.86. The van der Waals surface area contributed by atoms with Gasteiger partial charge in [0.15, 0.2) is 0 Å². The van der Waals surface area contributed by atoms with Gasteiger partial charge in [0.05, 0.1) is 19.5 Å². The number of hydrogen-bond donors (Lipinski definition) is 8. The van der Waals surface area contributed by atoms with Gasteiger partial charge in [-0.25, -0.2) is 9.78 Å². The number of H-pyrrole nitrogens is 1. The molecule has 4 unspecified atom stereocenters. The van der Waals surface area contributed by atoms with Crippen molar-refractivity contribution in [3.63, 3.8) is 0 Å². The molecule has 3 amide bonds. The highest BCUT2D eigenvalue weighted by molar-refractivity contribution is 5.94. The molecule has 1 aromatic carbocycles. The van der Waals surface area contributed by atoms with Gasteiger partial charge >= 0.3 is 5.97 Å². The number of carbonyl (C=O) groups is 4. The molecule has 0 aliphatic heterocycles. The number of carboxylic acid groups (broad SMARTS) is 1. The van der Waals surface area contributed by atoms with Crippen LogP contribution in [0.4, 0.5) is 0 Å². The molecular weight excluding hydrogens is 448 g/mol. The molecule has 13 heteroatoms. The van der Waals surface area contributed by atoms with Gasteiger partial charge in [0.25, 0.3) is 0 Å². The molecule has 9 N–H and O–H groups in total. The summed E-state index contributed by atoms with van der Waals surface area (Å²) >= 11 is 0. The molecule has 0 spiro atoms. The number of hydrogen-bond acceptors (Lipinski definition) is 8. The number of carbonyl (C=O) groups excluding carboxylic acids is 3. The second-order valence-corrected chi connectivity index (χ2v) is 7.46. The number of aliphatic carboxylic acids is 1. The molecule has 184 valence electrons. The number of aliphatic hydroxyl groups excluding tert-OH is 2. The van der Waals surface area contributed by atoms with E-state index in [1.165, 1.54) is 12.5 Å². The van der Waals surface area contributed by atoms with E-state index in [4.69, 9.17) is 15.9 Å². The third-order valence-electron chi connectivity index (χ3n) is 4.86. The van der Waals surface area contributed by atoms with Gasteiger partial charge in [-0.05, 0) is 5.56 Å². The maximum Gasteiger partial charge on any atom is 0.328 e. The van der Waals surface area contributed by atoms with Gasteiger partial charge in [-0.3, -0.25) is 14.4 Å². The van der Waals surface area contributed by atoms with E-state index in [-0.39, 0.29) is 12.8 Å². The van der Waals surface area contributed by atoms with Crippen LogP contribution in [0.3, 0.4) is 0 Å². The fourth-order valence-corrected chi connectivity index (χ4v) is 2.98. The van der Waals surface area contributed by atoms with Gasteiger partial charge in [0.2, 0.25) is 17.7 Å². The summed E-state index contributed by atoms with van der Waals surface area (Å²) in [7, 11) is 0. The zero-order valence-corrected chi connectivity index (χ0v) is 18.2. The van der Waals surface area contributed by atoms with Crippen LogP contribution in [-0.2, 0) is 32.0 Å². The zero-order chi connectivity index (χ0) is 25.1. The molecule has 0 aliphatic rings. The largest absolute Gasteiger partial charge is 0.480 e. The predicted molar refractivity (Wildman–Crippen MR) is 118 cm³/mol. The van der Waals surface area contributed by atoms with Gasteiger partial charge in [0.1, 0.15) is 24.2 Å². The Morgan fingerprint density at radius 2 is 1.47 bits per heavy atom. The summed E-state index contributed by atoms with van der Waals surface area (Å²) in [5.41, 5.74) is 6.72. The quantitative estimate of drug-likeness (QED) is 0.148. The number of nitrogens with two attached hydrogens (primary N) is 1.